The number of hydrogen-bond donors (Lipinski definition) is 1. The first kappa shape index (κ1) is 23.4. The van der Waals surface area contributed by atoms with Crippen LogP contribution in [0.25, 0.3) is 6.08 Å². The van der Waals surface area contributed by atoms with E-state index in [1.807, 2.05) is 62.3 Å². The van der Waals surface area contributed by atoms with E-state index in [9.17, 15) is 9.90 Å². The lowest BCUT2D eigenvalue weighted by molar-refractivity contribution is 0.104. The van der Waals surface area contributed by atoms with Crippen LogP contribution < -0.4 is 0 Å². The molecule has 0 saturated carbocycles. The summed E-state index contributed by atoms with van der Waals surface area (Å²) >= 11 is 3.40. The van der Waals surface area contributed by atoms with Gasteiger partial charge < -0.3 is 14.9 Å². The molecule has 0 atom stereocenters. The smallest absolute Gasteiger partial charge is 0.185 e. The largest absolute Gasteiger partial charge is 0.507 e. The number of nitrogens with zero attached hydrogens (tertiary/aromatic N) is 2. The fourth-order valence-electron chi connectivity index (χ4n) is 2.67. The molecule has 1 N–H and O–H groups in total. The summed E-state index contributed by atoms with van der Waals surface area (Å²) in [6, 6.07) is 11.3. The molecule has 2 aromatic rings. The van der Waals surface area contributed by atoms with Gasteiger partial charge in [0.05, 0.1) is 0 Å². The summed E-state index contributed by atoms with van der Waals surface area (Å²) < 4.78 is 1.00. The van der Waals surface area contributed by atoms with Crippen LogP contribution in [0.2, 0.25) is 0 Å². The average molecular weight is 454 g/mol. The van der Waals surface area contributed by atoms with E-state index >= 15 is 0 Å². The molecule has 0 fully saturated rings. The Morgan fingerprint density at radius 3 is 1.93 bits per heavy atom. The Hall–Kier alpha value is -1.66. The molecule has 2 rings (SSSR count). The van der Waals surface area contributed by atoms with Crippen LogP contribution in [0, 0.1) is 0 Å². The van der Waals surface area contributed by atoms with Gasteiger partial charge in [-0.2, -0.15) is 0 Å². The van der Waals surface area contributed by atoms with Gasteiger partial charge >= 0.3 is 0 Å². The fourth-order valence-corrected chi connectivity index (χ4v) is 2.93. The highest BCUT2D eigenvalue weighted by Gasteiger charge is 2.14. The number of carbonyl (C=O) groups is 1. The number of hydrogen-bond acceptors (Lipinski definition) is 4. The molecule has 0 aliphatic heterocycles. The van der Waals surface area contributed by atoms with Gasteiger partial charge in [0.25, 0.3) is 0 Å². The lowest BCUT2D eigenvalue weighted by atomic mass is 10.00. The minimum atomic E-state index is -0.0760. The molecule has 0 amide bonds. The second-order valence-corrected chi connectivity index (χ2v) is 7.78. The maximum absolute atomic E-state index is 12.7. The van der Waals surface area contributed by atoms with E-state index in [4.69, 9.17) is 0 Å². The molecule has 0 heterocycles. The molecule has 146 valence electrons. The molecule has 0 radical (unpaired) electrons. The van der Waals surface area contributed by atoms with Gasteiger partial charge in [-0.25, -0.2) is 0 Å². The molecule has 0 spiro atoms. The summed E-state index contributed by atoms with van der Waals surface area (Å²) in [5.74, 6) is 0.189. The first-order valence-electron chi connectivity index (χ1n) is 8.38. The number of phenolic OH excluding ortho intramolecular Hbond substituents is 1. The molecule has 0 aromatic heterocycles. The molecule has 0 unspecified atom stereocenters. The van der Waals surface area contributed by atoms with Crippen LogP contribution >= 0.6 is 28.3 Å². The van der Waals surface area contributed by atoms with E-state index in [1.54, 1.807) is 24.3 Å². The summed E-state index contributed by atoms with van der Waals surface area (Å²) in [7, 11) is 7.75. The van der Waals surface area contributed by atoms with Crippen molar-refractivity contribution in [3.8, 4) is 5.75 Å². The Bertz CT molecular complexity index is 771. The number of allylic oxidation sites excluding steroid dienone is 1. The number of aromatic hydroxyl groups is 1. The van der Waals surface area contributed by atoms with Gasteiger partial charge in [0.1, 0.15) is 5.75 Å². The lowest BCUT2D eigenvalue weighted by Gasteiger charge is -2.17. The Morgan fingerprint density at radius 1 is 1.00 bits per heavy atom. The molecule has 0 aliphatic rings. The molecule has 6 heteroatoms. The number of ketones is 1. The van der Waals surface area contributed by atoms with E-state index in [-0.39, 0.29) is 23.9 Å². The molecule has 2 aromatic carbocycles. The quantitative estimate of drug-likeness (QED) is 0.492. The third kappa shape index (κ3) is 7.11. The Labute approximate surface area is 176 Å². The molecule has 4 nitrogen and oxygen atoms in total. The maximum Gasteiger partial charge on any atom is 0.185 e. The van der Waals surface area contributed by atoms with E-state index < -0.39 is 0 Å². The van der Waals surface area contributed by atoms with Crippen LogP contribution in [0.4, 0.5) is 0 Å². The van der Waals surface area contributed by atoms with Crippen molar-refractivity contribution in [2.24, 2.45) is 0 Å². The Morgan fingerprint density at radius 2 is 1.48 bits per heavy atom. The van der Waals surface area contributed by atoms with Gasteiger partial charge in [-0.1, -0.05) is 34.1 Å². The number of halogens is 2. The second kappa shape index (κ2) is 10.6. The summed E-state index contributed by atoms with van der Waals surface area (Å²) in [6.45, 7) is 1.15. The first-order chi connectivity index (χ1) is 12.3. The predicted molar refractivity (Wildman–Crippen MR) is 118 cm³/mol. The highest BCUT2D eigenvalue weighted by atomic mass is 79.9. The fraction of sp³-hybridized carbons (Fsp3) is 0.286. The highest BCUT2D eigenvalue weighted by Crippen LogP contribution is 2.27. The molecular formula is C21H26BrClN2O2. The molecule has 0 bridgehead atoms. The van der Waals surface area contributed by atoms with Crippen molar-refractivity contribution in [3.63, 3.8) is 0 Å². The molecule has 0 aliphatic carbocycles. The Balaban J connectivity index is 0.00000364. The van der Waals surface area contributed by atoms with E-state index in [0.29, 0.717) is 18.7 Å². The zero-order valence-electron chi connectivity index (χ0n) is 16.1. The van der Waals surface area contributed by atoms with Crippen LogP contribution in [0.15, 0.2) is 46.9 Å². The lowest BCUT2D eigenvalue weighted by Crippen LogP contribution is -2.15. The third-order valence-corrected chi connectivity index (χ3v) is 4.35. The van der Waals surface area contributed by atoms with Crippen molar-refractivity contribution < 1.29 is 9.90 Å². The minimum absolute atomic E-state index is 0. The number of benzene rings is 2. The SMILES string of the molecule is CN(C)Cc1cc(C(=O)C=Cc2ccc(Br)cc2)cc(CN(C)C)c1O.Cl. The number of rotatable bonds is 7. The monoisotopic (exact) mass is 452 g/mol. The molecule has 0 saturated heterocycles. The van der Waals surface area contributed by atoms with Gasteiger partial charge in [-0.3, -0.25) is 4.79 Å². The molecular weight excluding hydrogens is 428 g/mol. The predicted octanol–water partition coefficient (Wildman–Crippen LogP) is 4.60. The normalized spacial score (nSPS) is 11.2. The van der Waals surface area contributed by atoms with E-state index in [1.165, 1.54) is 0 Å². The average Bonchev–Trinajstić information content (AvgIpc) is 2.56. The van der Waals surface area contributed by atoms with Gasteiger partial charge in [0.15, 0.2) is 5.78 Å². The first-order valence-corrected chi connectivity index (χ1v) is 9.17. The summed E-state index contributed by atoms with van der Waals surface area (Å²) in [4.78, 5) is 16.6. The van der Waals surface area contributed by atoms with Crippen molar-refractivity contribution in [1.29, 1.82) is 0 Å². The van der Waals surface area contributed by atoms with Crippen molar-refractivity contribution in [1.82, 2.24) is 9.80 Å². The second-order valence-electron chi connectivity index (χ2n) is 6.87. The van der Waals surface area contributed by atoms with Crippen LogP contribution in [-0.2, 0) is 13.1 Å². The standard InChI is InChI=1S/C21H25BrN2O2.ClH/c1-23(2)13-17-11-16(12-18(21(17)26)14-24(3)4)20(25)10-7-15-5-8-19(22)9-6-15;/h5-12,26H,13-14H2,1-4H3;1H. The van der Waals surface area contributed by atoms with Crippen LogP contribution in [0.1, 0.15) is 27.0 Å². The summed E-state index contributed by atoms with van der Waals surface area (Å²) in [5, 5.41) is 10.5. The van der Waals surface area contributed by atoms with Crippen LogP contribution in [0.3, 0.4) is 0 Å². The third-order valence-electron chi connectivity index (χ3n) is 3.82. The number of carbonyl (C=O) groups excluding carboxylic acids is 1. The molecule has 27 heavy (non-hydrogen) atoms. The topological polar surface area (TPSA) is 43.8 Å². The van der Waals surface area contributed by atoms with Gasteiger partial charge in [-0.05, 0) is 64.1 Å². The number of phenols is 1. The Kier molecular flexibility index (Phi) is 9.19. The summed E-state index contributed by atoms with van der Waals surface area (Å²) in [5.41, 5.74) is 3.07. The van der Waals surface area contributed by atoms with Crippen molar-refractivity contribution >= 4 is 40.2 Å². The minimum Gasteiger partial charge on any atom is -0.507 e. The summed E-state index contributed by atoms with van der Waals surface area (Å²) in [6.07, 6.45) is 3.38. The van der Waals surface area contributed by atoms with Crippen molar-refractivity contribution in [3.05, 3.63) is 69.2 Å². The zero-order chi connectivity index (χ0) is 19.3. The highest BCUT2D eigenvalue weighted by molar-refractivity contribution is 9.10. The van der Waals surface area contributed by atoms with Gasteiger partial charge in [0.2, 0.25) is 0 Å². The van der Waals surface area contributed by atoms with Crippen molar-refractivity contribution in [2.45, 2.75) is 13.1 Å². The van der Waals surface area contributed by atoms with E-state index in [2.05, 4.69) is 15.9 Å². The van der Waals surface area contributed by atoms with Crippen LogP contribution in [-0.4, -0.2) is 48.9 Å². The maximum atomic E-state index is 12.7. The van der Waals surface area contributed by atoms with Gasteiger partial charge in [-0.15, -0.1) is 12.4 Å². The van der Waals surface area contributed by atoms with Crippen LogP contribution in [0.5, 0.6) is 5.75 Å². The van der Waals surface area contributed by atoms with Crippen molar-refractivity contribution in [2.75, 3.05) is 28.2 Å². The zero-order valence-corrected chi connectivity index (χ0v) is 18.5. The van der Waals surface area contributed by atoms with Gasteiger partial charge in [0, 0.05) is 34.3 Å². The van der Waals surface area contributed by atoms with E-state index in [0.717, 1.165) is 21.2 Å².